The average Bonchev–Trinajstić information content (AvgIpc) is 2.99. The van der Waals surface area contributed by atoms with E-state index in [1.165, 1.54) is 0 Å². The molecule has 0 atom stereocenters. The number of benzene rings is 1. The first kappa shape index (κ1) is 20.0. The first-order valence-electron chi connectivity index (χ1n) is 8.88. The van der Waals surface area contributed by atoms with Crippen molar-refractivity contribution in [2.75, 3.05) is 18.5 Å². The molecule has 26 heavy (non-hydrogen) atoms. The van der Waals surface area contributed by atoms with Gasteiger partial charge in [-0.3, -0.25) is 0 Å². The predicted molar refractivity (Wildman–Crippen MR) is 104 cm³/mol. The van der Waals surface area contributed by atoms with E-state index in [-0.39, 0.29) is 4.88 Å². The maximum atomic E-state index is 11.1. The molecule has 1 heterocycles. The Balaban J connectivity index is 2.01. The average molecular weight is 378 g/mol. The predicted octanol–water partition coefficient (Wildman–Crippen LogP) is 4.73. The molecule has 1 aromatic carbocycles. The first-order valence-corrected chi connectivity index (χ1v) is 9.69. The molecule has 0 aliphatic carbocycles. The summed E-state index contributed by atoms with van der Waals surface area (Å²) in [6, 6.07) is 5.84. The highest BCUT2D eigenvalue weighted by Crippen LogP contribution is 2.29. The SMILES string of the molecule is CCCCCOc1ccc(CNc2nc(C)c(C(=O)O)s2)cc1OCC. The molecule has 2 rings (SSSR count). The summed E-state index contributed by atoms with van der Waals surface area (Å²) in [5.41, 5.74) is 1.54. The number of unbranched alkanes of at least 4 members (excludes halogenated alkanes) is 2. The first-order chi connectivity index (χ1) is 12.5. The lowest BCUT2D eigenvalue weighted by Gasteiger charge is -2.13. The topological polar surface area (TPSA) is 80.7 Å². The van der Waals surface area contributed by atoms with E-state index in [2.05, 4.69) is 17.2 Å². The van der Waals surface area contributed by atoms with Gasteiger partial charge in [0.15, 0.2) is 16.6 Å². The zero-order valence-electron chi connectivity index (χ0n) is 15.5. The highest BCUT2D eigenvalue weighted by atomic mass is 32.1. The Hall–Kier alpha value is -2.28. The molecular weight excluding hydrogens is 352 g/mol. The van der Waals surface area contributed by atoms with Gasteiger partial charge in [-0.25, -0.2) is 9.78 Å². The van der Waals surface area contributed by atoms with Crippen LogP contribution in [0, 0.1) is 6.92 Å². The number of ether oxygens (including phenoxy) is 2. The molecule has 0 radical (unpaired) electrons. The number of nitrogens with one attached hydrogen (secondary N) is 1. The minimum absolute atomic E-state index is 0.262. The fraction of sp³-hybridized carbons (Fsp3) is 0.474. The van der Waals surface area contributed by atoms with Crippen LogP contribution in [0.5, 0.6) is 11.5 Å². The number of thiazole rings is 1. The Morgan fingerprint density at radius 1 is 1.23 bits per heavy atom. The van der Waals surface area contributed by atoms with Crippen LogP contribution in [0.1, 0.15) is 54.0 Å². The number of nitrogens with zero attached hydrogens (tertiary/aromatic N) is 1. The van der Waals surface area contributed by atoms with E-state index in [0.29, 0.717) is 30.6 Å². The van der Waals surface area contributed by atoms with Gasteiger partial charge in [-0.15, -0.1) is 0 Å². The van der Waals surface area contributed by atoms with Gasteiger partial charge in [-0.05, 0) is 38.0 Å². The van der Waals surface area contributed by atoms with Gasteiger partial charge in [0.05, 0.1) is 18.9 Å². The van der Waals surface area contributed by atoms with Crippen LogP contribution in [0.25, 0.3) is 0 Å². The number of carboxylic acid groups (broad SMARTS) is 1. The van der Waals surface area contributed by atoms with Gasteiger partial charge in [0.2, 0.25) is 0 Å². The number of carbonyl (C=O) groups is 1. The van der Waals surface area contributed by atoms with Gasteiger partial charge >= 0.3 is 5.97 Å². The fourth-order valence-electron chi connectivity index (χ4n) is 2.43. The zero-order chi connectivity index (χ0) is 18.9. The molecule has 0 spiro atoms. The van der Waals surface area contributed by atoms with Crippen LogP contribution in [0.3, 0.4) is 0 Å². The summed E-state index contributed by atoms with van der Waals surface area (Å²) in [5.74, 6) is 0.533. The number of anilines is 1. The third-order valence-corrected chi connectivity index (χ3v) is 4.85. The molecule has 0 aliphatic rings. The van der Waals surface area contributed by atoms with E-state index in [1.54, 1.807) is 6.92 Å². The number of carboxylic acids is 1. The third-order valence-electron chi connectivity index (χ3n) is 3.75. The molecular formula is C19H26N2O4S. The molecule has 2 N–H and O–H groups in total. The molecule has 0 saturated heterocycles. The number of rotatable bonds is 11. The summed E-state index contributed by atoms with van der Waals surface area (Å²) in [5, 5.41) is 12.9. The van der Waals surface area contributed by atoms with E-state index < -0.39 is 5.97 Å². The maximum absolute atomic E-state index is 11.1. The monoisotopic (exact) mass is 378 g/mol. The van der Waals surface area contributed by atoms with Crippen molar-refractivity contribution < 1.29 is 19.4 Å². The van der Waals surface area contributed by atoms with Crippen molar-refractivity contribution >= 4 is 22.4 Å². The van der Waals surface area contributed by atoms with Gasteiger partial charge in [0.1, 0.15) is 4.88 Å². The minimum atomic E-state index is -0.948. The molecule has 0 bridgehead atoms. The van der Waals surface area contributed by atoms with E-state index >= 15 is 0 Å². The lowest BCUT2D eigenvalue weighted by molar-refractivity contribution is 0.0701. The van der Waals surface area contributed by atoms with Crippen molar-refractivity contribution in [2.24, 2.45) is 0 Å². The van der Waals surface area contributed by atoms with Crippen LogP contribution >= 0.6 is 11.3 Å². The molecule has 1 aromatic heterocycles. The molecule has 0 fully saturated rings. The highest BCUT2D eigenvalue weighted by molar-refractivity contribution is 7.17. The second kappa shape index (κ2) is 10.0. The number of aryl methyl sites for hydroxylation is 1. The van der Waals surface area contributed by atoms with Crippen molar-refractivity contribution in [3.8, 4) is 11.5 Å². The number of aromatic nitrogens is 1. The van der Waals surface area contributed by atoms with E-state index in [1.807, 2.05) is 25.1 Å². The quantitative estimate of drug-likeness (QED) is 0.550. The van der Waals surface area contributed by atoms with Crippen molar-refractivity contribution in [3.63, 3.8) is 0 Å². The van der Waals surface area contributed by atoms with Crippen molar-refractivity contribution in [1.82, 2.24) is 4.98 Å². The van der Waals surface area contributed by atoms with Gasteiger partial charge in [0, 0.05) is 6.54 Å². The maximum Gasteiger partial charge on any atom is 0.347 e. The summed E-state index contributed by atoms with van der Waals surface area (Å²) in [7, 11) is 0. The minimum Gasteiger partial charge on any atom is -0.490 e. The van der Waals surface area contributed by atoms with Gasteiger partial charge in [0.25, 0.3) is 0 Å². The Bertz CT molecular complexity index is 730. The standard InChI is InChI=1S/C19H26N2O4S/c1-4-6-7-10-25-15-9-8-14(11-16(15)24-5-2)12-20-19-21-13(3)17(26-19)18(22)23/h8-9,11H,4-7,10,12H2,1-3H3,(H,20,21)(H,22,23). The molecule has 0 unspecified atom stereocenters. The van der Waals surface area contributed by atoms with E-state index in [9.17, 15) is 4.79 Å². The van der Waals surface area contributed by atoms with Crippen LogP contribution in [0.4, 0.5) is 5.13 Å². The normalized spacial score (nSPS) is 10.6. The van der Waals surface area contributed by atoms with Gasteiger partial charge < -0.3 is 19.9 Å². The number of hydrogen-bond donors (Lipinski definition) is 2. The summed E-state index contributed by atoms with van der Waals surface area (Å²) in [6.45, 7) is 7.58. The second-order valence-electron chi connectivity index (χ2n) is 5.86. The van der Waals surface area contributed by atoms with Crippen LogP contribution < -0.4 is 14.8 Å². The Morgan fingerprint density at radius 2 is 2.04 bits per heavy atom. The smallest absolute Gasteiger partial charge is 0.347 e. The van der Waals surface area contributed by atoms with Crippen LogP contribution in [-0.2, 0) is 6.54 Å². The molecule has 0 amide bonds. The molecule has 2 aromatic rings. The van der Waals surface area contributed by atoms with Gasteiger partial charge in [-0.2, -0.15) is 0 Å². The number of aromatic carboxylic acids is 1. The van der Waals surface area contributed by atoms with E-state index in [4.69, 9.17) is 14.6 Å². The highest BCUT2D eigenvalue weighted by Gasteiger charge is 2.14. The molecule has 142 valence electrons. The Kier molecular flexibility index (Phi) is 7.72. The van der Waals surface area contributed by atoms with Crippen LogP contribution in [-0.4, -0.2) is 29.3 Å². The summed E-state index contributed by atoms with van der Waals surface area (Å²) >= 11 is 1.14. The summed E-state index contributed by atoms with van der Waals surface area (Å²) in [4.78, 5) is 15.6. The second-order valence-corrected chi connectivity index (χ2v) is 6.86. The van der Waals surface area contributed by atoms with E-state index in [0.717, 1.165) is 47.7 Å². The van der Waals surface area contributed by atoms with Crippen LogP contribution in [0.2, 0.25) is 0 Å². The summed E-state index contributed by atoms with van der Waals surface area (Å²) in [6.07, 6.45) is 3.34. The molecule has 0 aliphatic heterocycles. The van der Waals surface area contributed by atoms with Crippen molar-refractivity contribution in [3.05, 3.63) is 34.3 Å². The lowest BCUT2D eigenvalue weighted by atomic mass is 10.2. The lowest BCUT2D eigenvalue weighted by Crippen LogP contribution is -2.03. The summed E-state index contributed by atoms with van der Waals surface area (Å²) < 4.78 is 11.5. The Labute approximate surface area is 158 Å². The van der Waals surface area contributed by atoms with Crippen LogP contribution in [0.15, 0.2) is 18.2 Å². The fourth-order valence-corrected chi connectivity index (χ4v) is 3.23. The largest absolute Gasteiger partial charge is 0.490 e. The molecule has 0 saturated carbocycles. The molecule has 6 nitrogen and oxygen atoms in total. The Morgan fingerprint density at radius 3 is 2.69 bits per heavy atom. The van der Waals surface area contributed by atoms with Gasteiger partial charge in [-0.1, -0.05) is 37.2 Å². The number of hydrogen-bond acceptors (Lipinski definition) is 6. The van der Waals surface area contributed by atoms with Crippen molar-refractivity contribution in [1.29, 1.82) is 0 Å². The molecule has 7 heteroatoms. The zero-order valence-corrected chi connectivity index (χ0v) is 16.3. The van der Waals surface area contributed by atoms with Crippen molar-refractivity contribution in [2.45, 2.75) is 46.6 Å². The third kappa shape index (κ3) is 5.62.